The zero-order valence-corrected chi connectivity index (χ0v) is 17.7. The zero-order valence-electron chi connectivity index (χ0n) is 17.7. The average molecular weight is 440 g/mol. The topological polar surface area (TPSA) is 102 Å². The molecule has 8 nitrogen and oxygen atoms in total. The van der Waals surface area contributed by atoms with E-state index in [0.717, 1.165) is 10.9 Å². The Morgan fingerprint density at radius 3 is 2.61 bits per heavy atom. The van der Waals surface area contributed by atoms with Crippen molar-refractivity contribution in [3.8, 4) is 22.9 Å². The first-order valence-corrected chi connectivity index (χ1v) is 10.3. The summed E-state index contributed by atoms with van der Waals surface area (Å²) in [7, 11) is 1.58. The van der Waals surface area contributed by atoms with Crippen LogP contribution in [0.2, 0.25) is 0 Å². The minimum atomic E-state index is -0.469. The van der Waals surface area contributed by atoms with Crippen LogP contribution in [0.25, 0.3) is 22.4 Å². The monoisotopic (exact) mass is 440 g/mol. The average Bonchev–Trinajstić information content (AvgIpc) is 3.48. The predicted molar refractivity (Wildman–Crippen MR) is 123 cm³/mol. The first kappa shape index (κ1) is 20.3. The molecule has 0 aliphatic carbocycles. The van der Waals surface area contributed by atoms with Crippen LogP contribution in [-0.4, -0.2) is 28.2 Å². The number of carbonyl (C=O) groups excluding carboxylic acids is 1. The van der Waals surface area contributed by atoms with E-state index in [1.165, 1.54) is 0 Å². The number of rotatable bonds is 7. The van der Waals surface area contributed by atoms with E-state index < -0.39 is 5.91 Å². The highest BCUT2D eigenvalue weighted by Crippen LogP contribution is 2.29. The molecule has 2 heterocycles. The van der Waals surface area contributed by atoms with Crippen molar-refractivity contribution in [1.29, 1.82) is 0 Å². The van der Waals surface area contributed by atoms with Crippen molar-refractivity contribution in [3.63, 3.8) is 0 Å². The number of fused-ring (bicyclic) bond motifs is 1. The number of carbonyl (C=O) groups is 1. The van der Waals surface area contributed by atoms with Crippen molar-refractivity contribution < 1.29 is 18.7 Å². The van der Waals surface area contributed by atoms with Crippen LogP contribution >= 0.6 is 0 Å². The van der Waals surface area contributed by atoms with Gasteiger partial charge in [-0.3, -0.25) is 15.2 Å². The number of amides is 1. The Bertz CT molecular complexity index is 1410. The number of furan rings is 1. The van der Waals surface area contributed by atoms with Crippen molar-refractivity contribution >= 4 is 22.8 Å². The molecule has 5 rings (SSSR count). The first-order chi connectivity index (χ1) is 16.2. The van der Waals surface area contributed by atoms with Crippen molar-refractivity contribution in [2.24, 2.45) is 0 Å². The third kappa shape index (κ3) is 4.14. The molecule has 33 heavy (non-hydrogen) atoms. The van der Waals surface area contributed by atoms with Gasteiger partial charge in [-0.1, -0.05) is 48.5 Å². The highest BCUT2D eigenvalue weighted by molar-refractivity contribution is 6.05. The van der Waals surface area contributed by atoms with Gasteiger partial charge in [-0.05, 0) is 30.3 Å². The minimum Gasteiger partial charge on any atom is -0.496 e. The molecule has 0 saturated carbocycles. The molecular weight excluding hydrogens is 420 g/mol. The molecule has 2 N–H and O–H groups in total. The van der Waals surface area contributed by atoms with Crippen LogP contribution < -0.4 is 14.8 Å². The van der Waals surface area contributed by atoms with Gasteiger partial charge >= 0.3 is 0 Å². The second-order valence-electron chi connectivity index (χ2n) is 7.17. The Morgan fingerprint density at radius 1 is 1.00 bits per heavy atom. The lowest BCUT2D eigenvalue weighted by Gasteiger charge is -2.06. The van der Waals surface area contributed by atoms with Gasteiger partial charge in [0.15, 0.2) is 11.6 Å². The fourth-order valence-corrected chi connectivity index (χ4v) is 3.53. The molecule has 0 saturated heterocycles. The molecule has 164 valence electrons. The van der Waals surface area contributed by atoms with Crippen molar-refractivity contribution in [3.05, 3.63) is 90.2 Å². The van der Waals surface area contributed by atoms with Crippen LogP contribution in [0.4, 0.5) is 5.95 Å². The number of aromatic nitrogens is 3. The molecule has 3 aromatic carbocycles. The molecule has 8 heteroatoms. The van der Waals surface area contributed by atoms with E-state index in [9.17, 15) is 4.79 Å². The van der Waals surface area contributed by atoms with Gasteiger partial charge in [-0.2, -0.15) is 4.98 Å². The quantitative estimate of drug-likeness (QED) is 0.367. The van der Waals surface area contributed by atoms with Crippen LogP contribution in [0.15, 0.2) is 83.3 Å². The Kier molecular flexibility index (Phi) is 5.47. The summed E-state index contributed by atoms with van der Waals surface area (Å²) >= 11 is 0. The van der Waals surface area contributed by atoms with Crippen LogP contribution in [0, 0.1) is 0 Å². The summed E-state index contributed by atoms with van der Waals surface area (Å²) in [5, 5.41) is 10.5. The van der Waals surface area contributed by atoms with Crippen molar-refractivity contribution in [2.45, 2.75) is 6.61 Å². The van der Waals surface area contributed by atoms with Gasteiger partial charge in [-0.15, -0.1) is 5.10 Å². The summed E-state index contributed by atoms with van der Waals surface area (Å²) in [4.78, 5) is 17.5. The van der Waals surface area contributed by atoms with Crippen LogP contribution in [0.5, 0.6) is 11.5 Å². The number of aromatic amines is 1. The van der Waals surface area contributed by atoms with Crippen molar-refractivity contribution in [1.82, 2.24) is 15.2 Å². The van der Waals surface area contributed by atoms with E-state index in [1.54, 1.807) is 7.11 Å². The molecule has 0 aliphatic rings. The number of nitrogens with zero attached hydrogens (tertiary/aromatic N) is 2. The van der Waals surface area contributed by atoms with E-state index in [4.69, 9.17) is 13.9 Å². The molecular formula is C25H20N4O4. The maximum Gasteiger partial charge on any atom is 0.294 e. The zero-order chi connectivity index (χ0) is 22.6. The number of anilines is 1. The third-order valence-electron chi connectivity index (χ3n) is 5.10. The van der Waals surface area contributed by atoms with Gasteiger partial charge in [0, 0.05) is 10.9 Å². The highest BCUT2D eigenvalue weighted by Gasteiger charge is 2.22. The van der Waals surface area contributed by atoms with Crippen LogP contribution in [0.3, 0.4) is 0 Å². The SMILES string of the molecule is COc1ccccc1-c1nc(NC(=O)c2oc3ccccc3c2COc2ccccc2)n[nH]1. The van der Waals surface area contributed by atoms with E-state index in [0.29, 0.717) is 28.5 Å². The normalized spacial score (nSPS) is 10.8. The van der Waals surface area contributed by atoms with Crippen LogP contribution in [-0.2, 0) is 6.61 Å². The first-order valence-electron chi connectivity index (χ1n) is 10.3. The molecule has 0 unspecified atom stereocenters. The highest BCUT2D eigenvalue weighted by atomic mass is 16.5. The Labute approximate surface area is 189 Å². The van der Waals surface area contributed by atoms with E-state index in [1.807, 2.05) is 78.9 Å². The molecule has 0 atom stereocenters. The third-order valence-corrected chi connectivity index (χ3v) is 5.10. The van der Waals surface area contributed by atoms with E-state index in [2.05, 4.69) is 20.5 Å². The molecule has 1 amide bonds. The smallest absolute Gasteiger partial charge is 0.294 e. The number of methoxy groups -OCH3 is 1. The van der Waals surface area contributed by atoms with Gasteiger partial charge in [-0.25, -0.2) is 0 Å². The lowest BCUT2D eigenvalue weighted by Crippen LogP contribution is -2.14. The molecule has 0 bridgehead atoms. The number of ether oxygens (including phenoxy) is 2. The second-order valence-corrected chi connectivity index (χ2v) is 7.17. The predicted octanol–water partition coefficient (Wildman–Crippen LogP) is 5.06. The van der Waals surface area contributed by atoms with Crippen molar-refractivity contribution in [2.75, 3.05) is 12.4 Å². The lowest BCUT2D eigenvalue weighted by molar-refractivity contribution is 0.0994. The summed E-state index contributed by atoms with van der Waals surface area (Å²) in [6.07, 6.45) is 0. The number of para-hydroxylation sites is 3. The summed E-state index contributed by atoms with van der Waals surface area (Å²) in [5.74, 6) is 1.62. The standard InChI is InChI=1S/C25H20N4O4/c1-31-20-13-7-6-12-18(20)23-26-25(29-28-23)27-24(30)22-19(15-32-16-9-3-2-4-10-16)17-11-5-8-14-21(17)33-22/h2-14H,15H2,1H3,(H2,26,27,28,29,30). The van der Waals surface area contributed by atoms with Gasteiger partial charge < -0.3 is 13.9 Å². The van der Waals surface area contributed by atoms with E-state index >= 15 is 0 Å². The minimum absolute atomic E-state index is 0.122. The Balaban J connectivity index is 1.41. The van der Waals surface area contributed by atoms with E-state index in [-0.39, 0.29) is 18.3 Å². The largest absolute Gasteiger partial charge is 0.496 e. The fraction of sp³-hybridized carbons (Fsp3) is 0.0800. The molecule has 2 aromatic heterocycles. The maximum atomic E-state index is 13.1. The van der Waals surface area contributed by atoms with Gasteiger partial charge in [0.2, 0.25) is 5.95 Å². The number of benzene rings is 3. The molecule has 0 fully saturated rings. The molecule has 0 spiro atoms. The number of H-pyrrole nitrogens is 1. The summed E-state index contributed by atoms with van der Waals surface area (Å²) in [6, 6.07) is 24.2. The fourth-order valence-electron chi connectivity index (χ4n) is 3.53. The summed E-state index contributed by atoms with van der Waals surface area (Å²) in [6.45, 7) is 0.171. The molecule has 0 aliphatic heterocycles. The van der Waals surface area contributed by atoms with Gasteiger partial charge in [0.25, 0.3) is 5.91 Å². The maximum absolute atomic E-state index is 13.1. The number of hydrogen-bond acceptors (Lipinski definition) is 6. The summed E-state index contributed by atoms with van der Waals surface area (Å²) < 4.78 is 17.1. The second kappa shape index (κ2) is 8.88. The Hall–Kier alpha value is -4.59. The van der Waals surface area contributed by atoms with Gasteiger partial charge in [0.05, 0.1) is 12.7 Å². The lowest BCUT2D eigenvalue weighted by atomic mass is 10.1. The summed E-state index contributed by atoms with van der Waals surface area (Å²) in [5.41, 5.74) is 1.97. The number of nitrogens with one attached hydrogen (secondary N) is 2. The number of hydrogen-bond donors (Lipinski definition) is 2. The Morgan fingerprint density at radius 2 is 1.76 bits per heavy atom. The molecule has 5 aromatic rings. The molecule has 0 radical (unpaired) electrons. The van der Waals surface area contributed by atoms with Crippen LogP contribution in [0.1, 0.15) is 16.1 Å². The van der Waals surface area contributed by atoms with Gasteiger partial charge in [0.1, 0.15) is 23.7 Å².